The normalized spacial score (nSPS) is 14.8. The molecule has 4 nitrogen and oxygen atoms in total. The fraction of sp³-hybridized carbons (Fsp3) is 0.429. The Morgan fingerprint density at radius 2 is 2.10 bits per heavy atom. The number of nitrogens with one attached hydrogen (secondary N) is 1. The van der Waals surface area contributed by atoms with E-state index in [-0.39, 0.29) is 11.5 Å². The number of nitrogens with zero attached hydrogens (tertiary/aromatic N) is 2. The number of hydrogen-bond acceptors (Lipinski definition) is 4. The van der Waals surface area contributed by atoms with Crippen molar-refractivity contribution < 1.29 is 13.2 Å². The van der Waals surface area contributed by atoms with Crippen LogP contribution in [0.1, 0.15) is 24.3 Å². The van der Waals surface area contributed by atoms with E-state index in [4.69, 9.17) is 4.42 Å². The highest BCUT2D eigenvalue weighted by Gasteiger charge is 2.21. The summed E-state index contributed by atoms with van der Waals surface area (Å²) in [6.07, 6.45) is 2.96. The molecule has 6 heteroatoms. The molecule has 0 radical (unpaired) electrons. The van der Waals surface area contributed by atoms with E-state index in [2.05, 4.69) is 15.5 Å². The maximum atomic E-state index is 13.9. The predicted molar refractivity (Wildman–Crippen MR) is 69.1 cm³/mol. The molecular weight excluding hydrogens is 264 g/mol. The van der Waals surface area contributed by atoms with E-state index in [9.17, 15) is 8.78 Å². The van der Waals surface area contributed by atoms with Crippen molar-refractivity contribution in [1.82, 2.24) is 15.5 Å². The van der Waals surface area contributed by atoms with Gasteiger partial charge in [-0.25, -0.2) is 8.78 Å². The summed E-state index contributed by atoms with van der Waals surface area (Å²) in [5.41, 5.74) is 0.0930. The molecule has 0 amide bonds. The molecule has 1 aliphatic rings. The second kappa shape index (κ2) is 5.28. The molecule has 1 aromatic carbocycles. The van der Waals surface area contributed by atoms with Crippen molar-refractivity contribution in [3.63, 3.8) is 0 Å². The molecule has 1 fully saturated rings. The van der Waals surface area contributed by atoms with E-state index >= 15 is 0 Å². The first-order valence-corrected chi connectivity index (χ1v) is 6.66. The standard InChI is InChI=1S/C14H15F2N3O/c1-8-2-5-10(15)12(13(8)16)14-19-18-11(20-14)6-7-17-9-3-4-9/h2,5,9,17H,3-4,6-7H2,1H3. The average Bonchev–Trinajstić information content (AvgIpc) is 3.13. The van der Waals surface area contributed by atoms with Gasteiger partial charge in [-0.3, -0.25) is 0 Å². The van der Waals surface area contributed by atoms with Crippen LogP contribution in [0.25, 0.3) is 11.5 Å². The number of aromatic nitrogens is 2. The molecule has 0 aliphatic heterocycles. The first kappa shape index (κ1) is 13.2. The van der Waals surface area contributed by atoms with Gasteiger partial charge in [-0.2, -0.15) is 0 Å². The second-order valence-corrected chi connectivity index (χ2v) is 5.03. The third-order valence-electron chi connectivity index (χ3n) is 3.31. The van der Waals surface area contributed by atoms with Crippen molar-refractivity contribution in [1.29, 1.82) is 0 Å². The maximum Gasteiger partial charge on any atom is 0.253 e. The molecule has 1 heterocycles. The van der Waals surface area contributed by atoms with Gasteiger partial charge in [0.2, 0.25) is 5.89 Å². The molecule has 1 aromatic heterocycles. The highest BCUT2D eigenvalue weighted by molar-refractivity contribution is 5.56. The van der Waals surface area contributed by atoms with Gasteiger partial charge in [0.25, 0.3) is 5.89 Å². The number of benzene rings is 1. The van der Waals surface area contributed by atoms with Crippen molar-refractivity contribution in [3.8, 4) is 11.5 Å². The maximum absolute atomic E-state index is 13.9. The fourth-order valence-electron chi connectivity index (χ4n) is 1.98. The Bertz CT molecular complexity index is 623. The van der Waals surface area contributed by atoms with Gasteiger partial charge in [-0.05, 0) is 31.4 Å². The second-order valence-electron chi connectivity index (χ2n) is 5.03. The molecule has 3 rings (SSSR count). The summed E-state index contributed by atoms with van der Waals surface area (Å²) in [5.74, 6) is -1.07. The summed E-state index contributed by atoms with van der Waals surface area (Å²) >= 11 is 0. The quantitative estimate of drug-likeness (QED) is 0.914. The Morgan fingerprint density at radius 3 is 2.85 bits per heavy atom. The van der Waals surface area contributed by atoms with Crippen molar-refractivity contribution in [3.05, 3.63) is 35.2 Å². The average molecular weight is 279 g/mol. The number of aryl methyl sites for hydroxylation is 1. The van der Waals surface area contributed by atoms with E-state index in [0.29, 0.717) is 23.9 Å². The van der Waals surface area contributed by atoms with E-state index in [1.165, 1.54) is 25.0 Å². The predicted octanol–water partition coefficient (Wildman–Crippen LogP) is 2.62. The van der Waals surface area contributed by atoms with Gasteiger partial charge in [0.05, 0.1) is 0 Å². The Morgan fingerprint density at radius 1 is 1.30 bits per heavy atom. The van der Waals surface area contributed by atoms with Crippen molar-refractivity contribution in [2.45, 2.75) is 32.2 Å². The van der Waals surface area contributed by atoms with Crippen molar-refractivity contribution in [2.24, 2.45) is 0 Å². The third-order valence-corrected chi connectivity index (χ3v) is 3.31. The highest BCUT2D eigenvalue weighted by Crippen LogP contribution is 2.27. The molecule has 0 atom stereocenters. The van der Waals surface area contributed by atoms with Crippen LogP contribution in [-0.4, -0.2) is 22.8 Å². The zero-order valence-electron chi connectivity index (χ0n) is 11.1. The number of hydrogen-bond donors (Lipinski definition) is 1. The third kappa shape index (κ3) is 2.70. The number of rotatable bonds is 5. The molecular formula is C14H15F2N3O. The van der Waals surface area contributed by atoms with Crippen molar-refractivity contribution in [2.75, 3.05) is 6.54 Å². The lowest BCUT2D eigenvalue weighted by atomic mass is 10.1. The molecule has 0 spiro atoms. The summed E-state index contributed by atoms with van der Waals surface area (Å²) in [6.45, 7) is 2.29. The van der Waals surface area contributed by atoms with Crippen LogP contribution < -0.4 is 5.32 Å². The van der Waals surface area contributed by atoms with E-state index in [1.807, 2.05) is 0 Å². The number of halogens is 2. The summed E-state index contributed by atoms with van der Waals surface area (Å²) in [7, 11) is 0. The topological polar surface area (TPSA) is 51.0 Å². The lowest BCUT2D eigenvalue weighted by molar-refractivity contribution is 0.485. The molecule has 20 heavy (non-hydrogen) atoms. The first-order chi connectivity index (χ1) is 9.65. The van der Waals surface area contributed by atoms with Gasteiger partial charge >= 0.3 is 0 Å². The fourth-order valence-corrected chi connectivity index (χ4v) is 1.98. The zero-order valence-corrected chi connectivity index (χ0v) is 11.1. The van der Waals surface area contributed by atoms with Gasteiger partial charge in [0.15, 0.2) is 0 Å². The lowest BCUT2D eigenvalue weighted by Crippen LogP contribution is -2.19. The largest absolute Gasteiger partial charge is 0.420 e. The smallest absolute Gasteiger partial charge is 0.253 e. The monoisotopic (exact) mass is 279 g/mol. The van der Waals surface area contributed by atoms with Crippen LogP contribution in [0.4, 0.5) is 8.78 Å². The Hall–Kier alpha value is -1.82. The SMILES string of the molecule is Cc1ccc(F)c(-c2nnc(CCNC3CC3)o2)c1F. The molecule has 0 bridgehead atoms. The Balaban J connectivity index is 1.77. The molecule has 2 aromatic rings. The minimum absolute atomic E-state index is 0.106. The van der Waals surface area contributed by atoms with Crippen LogP contribution in [0.5, 0.6) is 0 Å². The van der Waals surface area contributed by atoms with Crippen LogP contribution in [0.2, 0.25) is 0 Å². The molecule has 1 aliphatic carbocycles. The van der Waals surface area contributed by atoms with Gasteiger partial charge < -0.3 is 9.73 Å². The summed E-state index contributed by atoms with van der Waals surface area (Å²) < 4.78 is 33.0. The van der Waals surface area contributed by atoms with Gasteiger partial charge in [-0.15, -0.1) is 10.2 Å². The minimum atomic E-state index is -0.695. The van der Waals surface area contributed by atoms with Crippen LogP contribution in [0.3, 0.4) is 0 Å². The molecule has 1 saturated carbocycles. The van der Waals surface area contributed by atoms with E-state index in [1.54, 1.807) is 6.92 Å². The van der Waals surface area contributed by atoms with E-state index in [0.717, 1.165) is 6.54 Å². The molecule has 1 N–H and O–H groups in total. The van der Waals surface area contributed by atoms with Crippen LogP contribution in [-0.2, 0) is 6.42 Å². The van der Waals surface area contributed by atoms with Crippen LogP contribution >= 0.6 is 0 Å². The molecule has 106 valence electrons. The lowest BCUT2D eigenvalue weighted by Gasteiger charge is -2.02. The van der Waals surface area contributed by atoms with Gasteiger partial charge in [0, 0.05) is 19.0 Å². The first-order valence-electron chi connectivity index (χ1n) is 6.66. The van der Waals surface area contributed by atoms with Crippen molar-refractivity contribution >= 4 is 0 Å². The highest BCUT2D eigenvalue weighted by atomic mass is 19.1. The van der Waals surface area contributed by atoms with E-state index < -0.39 is 11.6 Å². The van der Waals surface area contributed by atoms with Gasteiger partial charge in [0.1, 0.15) is 17.2 Å². The minimum Gasteiger partial charge on any atom is -0.420 e. The molecule has 0 unspecified atom stereocenters. The Kier molecular flexibility index (Phi) is 3.48. The summed E-state index contributed by atoms with van der Waals surface area (Å²) in [4.78, 5) is 0. The van der Waals surface area contributed by atoms with Gasteiger partial charge in [-0.1, -0.05) is 6.07 Å². The zero-order chi connectivity index (χ0) is 14.1. The van der Waals surface area contributed by atoms with Crippen LogP contribution in [0.15, 0.2) is 16.5 Å². The molecule has 0 saturated heterocycles. The Labute approximate surface area is 115 Å². The summed E-state index contributed by atoms with van der Waals surface area (Å²) in [5, 5.41) is 10.9. The van der Waals surface area contributed by atoms with Crippen LogP contribution in [0, 0.1) is 18.6 Å². The summed E-state index contributed by atoms with van der Waals surface area (Å²) in [6, 6.07) is 3.18.